The first-order valence-electron chi connectivity index (χ1n) is 9.76. The zero-order valence-corrected chi connectivity index (χ0v) is 16.0. The Bertz CT molecular complexity index is 1010. The maximum Gasteiger partial charge on any atom is 0.277 e. The van der Waals surface area contributed by atoms with Crippen LogP contribution in [-0.4, -0.2) is 45.1 Å². The lowest BCUT2D eigenvalue weighted by atomic mass is 10.0. The second-order valence-electron chi connectivity index (χ2n) is 7.24. The number of carbonyl (C=O) groups excluding carboxylic acids is 1. The second kappa shape index (κ2) is 8.79. The van der Waals surface area contributed by atoms with Crippen LogP contribution in [0.4, 0.5) is 0 Å². The number of pyridine rings is 1. The summed E-state index contributed by atoms with van der Waals surface area (Å²) in [6.07, 6.45) is 5.01. The number of amides is 1. The molecule has 2 N–H and O–H groups in total. The molecule has 7 heteroatoms. The van der Waals surface area contributed by atoms with E-state index in [1.165, 1.54) is 11.6 Å². The van der Waals surface area contributed by atoms with Crippen molar-refractivity contribution in [2.45, 2.75) is 25.4 Å². The molecular weight excluding hydrogens is 366 g/mol. The summed E-state index contributed by atoms with van der Waals surface area (Å²) < 4.78 is 0. The van der Waals surface area contributed by atoms with Gasteiger partial charge in [0.2, 0.25) is 0 Å². The highest BCUT2D eigenvalue weighted by atomic mass is 16.2. The number of rotatable bonds is 5. The molecule has 1 aliphatic heterocycles. The molecule has 1 fully saturated rings. The van der Waals surface area contributed by atoms with Gasteiger partial charge in [-0.1, -0.05) is 30.3 Å². The fourth-order valence-electron chi connectivity index (χ4n) is 3.59. The Morgan fingerprint density at radius 3 is 2.55 bits per heavy atom. The van der Waals surface area contributed by atoms with E-state index in [4.69, 9.17) is 0 Å². The molecule has 1 amide bonds. The van der Waals surface area contributed by atoms with Crippen molar-refractivity contribution < 1.29 is 4.79 Å². The number of piperidine rings is 1. The molecule has 0 saturated carbocycles. The summed E-state index contributed by atoms with van der Waals surface area (Å²) in [5.41, 5.74) is 2.22. The molecule has 1 saturated heterocycles. The van der Waals surface area contributed by atoms with Crippen molar-refractivity contribution >= 4 is 5.91 Å². The summed E-state index contributed by atoms with van der Waals surface area (Å²) in [5.74, 6) is -0.356. The maximum atomic E-state index is 12.7. The Kier molecular flexibility index (Phi) is 5.76. The summed E-state index contributed by atoms with van der Waals surface area (Å²) in [4.78, 5) is 31.2. The molecule has 1 aromatic carbocycles. The van der Waals surface area contributed by atoms with Gasteiger partial charge < -0.3 is 5.32 Å². The van der Waals surface area contributed by atoms with Crippen molar-refractivity contribution in [3.05, 3.63) is 82.4 Å². The maximum absolute atomic E-state index is 12.7. The molecule has 0 bridgehead atoms. The zero-order valence-electron chi connectivity index (χ0n) is 16.0. The Labute approximate surface area is 168 Å². The van der Waals surface area contributed by atoms with Crippen LogP contribution in [-0.2, 0) is 6.54 Å². The lowest BCUT2D eigenvalue weighted by molar-refractivity contribution is 0.0907. The molecule has 4 rings (SSSR count). The number of benzene rings is 1. The molecule has 29 heavy (non-hydrogen) atoms. The van der Waals surface area contributed by atoms with E-state index in [0.29, 0.717) is 5.69 Å². The minimum absolute atomic E-state index is 0.0615. The van der Waals surface area contributed by atoms with Crippen LogP contribution in [0.1, 0.15) is 28.8 Å². The van der Waals surface area contributed by atoms with Crippen LogP contribution in [0.15, 0.2) is 65.7 Å². The number of likely N-dealkylation sites (tertiary alicyclic amines) is 1. The third-order valence-corrected chi connectivity index (χ3v) is 5.20. The van der Waals surface area contributed by atoms with Crippen molar-refractivity contribution in [1.29, 1.82) is 0 Å². The van der Waals surface area contributed by atoms with Crippen LogP contribution in [0.5, 0.6) is 0 Å². The molecule has 2 aromatic heterocycles. The van der Waals surface area contributed by atoms with Crippen molar-refractivity contribution in [1.82, 2.24) is 25.4 Å². The van der Waals surface area contributed by atoms with E-state index < -0.39 is 5.56 Å². The standard InChI is InChI=1S/C22H23N5O2/c28-21(19-14-20(25-26-22(19)29)17-6-10-23-11-7-17)24-18-8-12-27(13-9-18)15-16-4-2-1-3-5-16/h1-7,10-11,14,18H,8-9,12-13,15H2,(H,24,28)(H,26,29). The monoisotopic (exact) mass is 389 g/mol. The topological polar surface area (TPSA) is 91.0 Å². The van der Waals surface area contributed by atoms with E-state index in [9.17, 15) is 9.59 Å². The Morgan fingerprint density at radius 2 is 1.83 bits per heavy atom. The highest BCUT2D eigenvalue weighted by Crippen LogP contribution is 2.16. The van der Waals surface area contributed by atoms with Gasteiger partial charge in [0, 0.05) is 43.6 Å². The van der Waals surface area contributed by atoms with Crippen molar-refractivity contribution in [3.63, 3.8) is 0 Å². The Morgan fingerprint density at radius 1 is 1.10 bits per heavy atom. The highest BCUT2D eigenvalue weighted by molar-refractivity contribution is 5.94. The van der Waals surface area contributed by atoms with Crippen molar-refractivity contribution in [3.8, 4) is 11.3 Å². The summed E-state index contributed by atoms with van der Waals surface area (Å²) in [7, 11) is 0. The van der Waals surface area contributed by atoms with Gasteiger partial charge in [-0.25, -0.2) is 5.10 Å². The van der Waals surface area contributed by atoms with Gasteiger partial charge in [-0.2, -0.15) is 5.10 Å². The summed E-state index contributed by atoms with van der Waals surface area (Å²) in [5, 5.41) is 9.47. The minimum atomic E-state index is -0.484. The van der Waals surface area contributed by atoms with E-state index in [2.05, 4.69) is 49.7 Å². The second-order valence-corrected chi connectivity index (χ2v) is 7.24. The van der Waals surface area contributed by atoms with Gasteiger partial charge in [-0.15, -0.1) is 0 Å². The van der Waals surface area contributed by atoms with Gasteiger partial charge in [0.05, 0.1) is 5.69 Å². The lowest BCUT2D eigenvalue weighted by Gasteiger charge is -2.32. The van der Waals surface area contributed by atoms with Gasteiger partial charge >= 0.3 is 0 Å². The van der Waals surface area contributed by atoms with Crippen LogP contribution in [0, 0.1) is 0 Å². The van der Waals surface area contributed by atoms with Gasteiger partial charge in [0.25, 0.3) is 11.5 Å². The predicted octanol–water partition coefficient (Wildman–Crippen LogP) is 2.23. The smallest absolute Gasteiger partial charge is 0.277 e. The Hall–Kier alpha value is -3.32. The average molecular weight is 389 g/mol. The molecule has 7 nitrogen and oxygen atoms in total. The number of nitrogens with zero attached hydrogens (tertiary/aromatic N) is 3. The first-order valence-corrected chi connectivity index (χ1v) is 9.76. The van der Waals surface area contributed by atoms with Crippen LogP contribution in [0.3, 0.4) is 0 Å². The van der Waals surface area contributed by atoms with Gasteiger partial charge in [0.15, 0.2) is 0 Å². The van der Waals surface area contributed by atoms with Gasteiger partial charge in [0.1, 0.15) is 5.56 Å². The molecule has 0 unspecified atom stereocenters. The predicted molar refractivity (Wildman–Crippen MR) is 110 cm³/mol. The number of hydrogen-bond donors (Lipinski definition) is 2. The quantitative estimate of drug-likeness (QED) is 0.698. The van der Waals surface area contributed by atoms with Crippen molar-refractivity contribution in [2.75, 3.05) is 13.1 Å². The largest absolute Gasteiger partial charge is 0.349 e. The van der Waals surface area contributed by atoms with E-state index >= 15 is 0 Å². The fourth-order valence-corrected chi connectivity index (χ4v) is 3.59. The van der Waals surface area contributed by atoms with Crippen LogP contribution >= 0.6 is 0 Å². The van der Waals surface area contributed by atoms with Gasteiger partial charge in [-0.05, 0) is 36.6 Å². The average Bonchev–Trinajstić information content (AvgIpc) is 2.77. The normalized spacial score (nSPS) is 15.2. The SMILES string of the molecule is O=C(NC1CCN(Cc2ccccc2)CC1)c1cc(-c2ccncc2)n[nH]c1=O. The Balaban J connectivity index is 1.37. The molecule has 3 aromatic rings. The molecule has 0 radical (unpaired) electrons. The molecular formula is C22H23N5O2. The number of aromatic amines is 1. The third-order valence-electron chi connectivity index (χ3n) is 5.20. The number of H-pyrrole nitrogens is 1. The molecule has 0 aliphatic carbocycles. The molecule has 1 aliphatic rings. The highest BCUT2D eigenvalue weighted by Gasteiger charge is 2.22. The lowest BCUT2D eigenvalue weighted by Crippen LogP contribution is -2.45. The van der Waals surface area contributed by atoms with Gasteiger partial charge in [-0.3, -0.25) is 19.5 Å². The van der Waals surface area contributed by atoms with Crippen LogP contribution in [0.25, 0.3) is 11.3 Å². The van der Waals surface area contributed by atoms with E-state index in [0.717, 1.165) is 38.0 Å². The number of carbonyl (C=O) groups is 1. The third kappa shape index (κ3) is 4.75. The van der Waals surface area contributed by atoms with Crippen LogP contribution < -0.4 is 10.9 Å². The molecule has 0 atom stereocenters. The molecule has 0 spiro atoms. The van der Waals surface area contributed by atoms with Crippen LogP contribution in [0.2, 0.25) is 0 Å². The summed E-state index contributed by atoms with van der Waals surface area (Å²) in [6, 6.07) is 15.5. The van der Waals surface area contributed by atoms with E-state index in [1.807, 2.05) is 6.07 Å². The fraction of sp³-hybridized carbons (Fsp3) is 0.273. The van der Waals surface area contributed by atoms with Crippen molar-refractivity contribution in [2.24, 2.45) is 0 Å². The van der Waals surface area contributed by atoms with E-state index in [-0.39, 0.29) is 17.5 Å². The number of aromatic nitrogens is 3. The molecule has 148 valence electrons. The minimum Gasteiger partial charge on any atom is -0.349 e. The summed E-state index contributed by atoms with van der Waals surface area (Å²) in [6.45, 7) is 2.74. The first-order chi connectivity index (χ1) is 14.2. The number of nitrogens with one attached hydrogen (secondary N) is 2. The zero-order chi connectivity index (χ0) is 20.1. The first kappa shape index (κ1) is 19.0. The molecule has 3 heterocycles. The summed E-state index contributed by atoms with van der Waals surface area (Å²) >= 11 is 0. The van der Waals surface area contributed by atoms with E-state index in [1.54, 1.807) is 24.5 Å². The number of hydrogen-bond acceptors (Lipinski definition) is 5.